The van der Waals surface area contributed by atoms with E-state index >= 15 is 0 Å². The Morgan fingerprint density at radius 1 is 1.55 bits per heavy atom. The van der Waals surface area contributed by atoms with E-state index in [4.69, 9.17) is 5.11 Å². The van der Waals surface area contributed by atoms with Gasteiger partial charge in [-0.15, -0.1) is 5.10 Å². The molecule has 0 amide bonds. The van der Waals surface area contributed by atoms with Crippen molar-refractivity contribution in [2.45, 2.75) is 10.1 Å². The summed E-state index contributed by atoms with van der Waals surface area (Å²) in [7, 11) is 1.42. The Morgan fingerprint density at radius 3 is 2.75 bits per heavy atom. The van der Waals surface area contributed by atoms with Gasteiger partial charge >= 0.3 is 11.7 Å². The van der Waals surface area contributed by atoms with E-state index in [0.29, 0.717) is 0 Å². The molecule has 0 atom stereocenters. The van der Waals surface area contributed by atoms with Crippen molar-refractivity contribution in [1.82, 2.24) is 14.8 Å². The lowest BCUT2D eigenvalue weighted by Gasteiger charge is -2.05. The number of rotatable bonds is 4. The van der Waals surface area contributed by atoms with Gasteiger partial charge in [0.25, 0.3) is 5.69 Å². The topological polar surface area (TPSA) is 131 Å². The van der Waals surface area contributed by atoms with Gasteiger partial charge in [-0.05, 0) is 17.8 Å². The number of H-pyrrole nitrogens is 1. The predicted octanol–water partition coefficient (Wildman–Crippen LogP) is 0.866. The van der Waals surface area contributed by atoms with Crippen molar-refractivity contribution in [3.8, 4) is 0 Å². The van der Waals surface area contributed by atoms with Gasteiger partial charge in [-0.25, -0.2) is 14.7 Å². The number of hydrogen-bond donors (Lipinski definition) is 2. The summed E-state index contributed by atoms with van der Waals surface area (Å²) >= 11 is 0.743. The minimum atomic E-state index is -1.29. The smallest absolute Gasteiger partial charge is 0.343 e. The summed E-state index contributed by atoms with van der Waals surface area (Å²) in [6, 6.07) is 3.73. The van der Waals surface area contributed by atoms with Crippen LogP contribution in [0.4, 0.5) is 5.69 Å². The number of benzene rings is 1. The minimum Gasteiger partial charge on any atom is -0.478 e. The molecule has 2 N–H and O–H groups in total. The first-order chi connectivity index (χ1) is 9.41. The Bertz CT molecular complexity index is 718. The average Bonchev–Trinajstić information content (AvgIpc) is 2.70. The molecule has 0 bridgehead atoms. The molecule has 104 valence electrons. The largest absolute Gasteiger partial charge is 0.478 e. The third-order valence-electron chi connectivity index (χ3n) is 2.45. The SMILES string of the molecule is Cn1c(Sc2c(C(=O)O)cccc2[N+](=O)[O-])n[nH]c1=O. The normalized spacial score (nSPS) is 10.4. The molecule has 0 aliphatic heterocycles. The number of nitrogens with zero attached hydrogens (tertiary/aromatic N) is 3. The monoisotopic (exact) mass is 296 g/mol. The quantitative estimate of drug-likeness (QED) is 0.632. The van der Waals surface area contributed by atoms with Crippen molar-refractivity contribution in [3.63, 3.8) is 0 Å². The minimum absolute atomic E-state index is 0.0768. The van der Waals surface area contributed by atoms with Crippen LogP contribution in [0.1, 0.15) is 10.4 Å². The maximum Gasteiger partial charge on any atom is 0.343 e. The van der Waals surface area contributed by atoms with E-state index in [1.165, 1.54) is 25.2 Å². The molecular formula is C10H8N4O5S. The molecule has 0 aliphatic rings. The van der Waals surface area contributed by atoms with E-state index in [9.17, 15) is 19.7 Å². The molecule has 0 aliphatic carbocycles. The van der Waals surface area contributed by atoms with E-state index in [0.717, 1.165) is 16.3 Å². The van der Waals surface area contributed by atoms with Crippen LogP contribution in [0.3, 0.4) is 0 Å². The van der Waals surface area contributed by atoms with Crippen LogP contribution < -0.4 is 5.69 Å². The van der Waals surface area contributed by atoms with Crippen molar-refractivity contribution in [2.24, 2.45) is 7.05 Å². The number of aromatic carboxylic acids is 1. The maximum absolute atomic E-state index is 11.2. The lowest BCUT2D eigenvalue weighted by Crippen LogP contribution is -2.13. The fraction of sp³-hybridized carbons (Fsp3) is 0.100. The molecule has 1 aromatic heterocycles. The first kappa shape index (κ1) is 13.8. The molecule has 2 rings (SSSR count). The number of nitro groups is 1. The molecular weight excluding hydrogens is 288 g/mol. The number of aromatic nitrogens is 3. The third-order valence-corrected chi connectivity index (χ3v) is 3.63. The highest BCUT2D eigenvalue weighted by Crippen LogP contribution is 2.36. The standard InChI is InChI=1S/C10H8N4O5S/c1-13-9(17)11-12-10(13)20-7-5(8(15)16)3-2-4-6(7)14(18)19/h2-4H,1H3,(H,11,17)(H,15,16). The van der Waals surface area contributed by atoms with Gasteiger partial charge in [0.05, 0.1) is 10.5 Å². The van der Waals surface area contributed by atoms with Crippen molar-refractivity contribution in [2.75, 3.05) is 0 Å². The van der Waals surface area contributed by atoms with Gasteiger partial charge in [0.15, 0.2) is 5.16 Å². The maximum atomic E-state index is 11.2. The zero-order chi connectivity index (χ0) is 14.9. The highest BCUT2D eigenvalue weighted by atomic mass is 32.2. The van der Waals surface area contributed by atoms with E-state index < -0.39 is 16.6 Å². The Kier molecular flexibility index (Phi) is 3.57. The number of nitro benzene ring substituents is 1. The summed E-state index contributed by atoms with van der Waals surface area (Å²) in [4.78, 5) is 32.6. The molecule has 9 nitrogen and oxygen atoms in total. The molecule has 1 aromatic carbocycles. The number of hydrogen-bond acceptors (Lipinski definition) is 6. The molecule has 2 aromatic rings. The summed E-state index contributed by atoms with van der Waals surface area (Å²) in [5.41, 5.74) is -1.08. The van der Waals surface area contributed by atoms with Gasteiger partial charge in [-0.2, -0.15) is 0 Å². The molecule has 10 heteroatoms. The zero-order valence-corrected chi connectivity index (χ0v) is 10.9. The number of carbonyl (C=O) groups is 1. The van der Waals surface area contributed by atoms with Crippen molar-refractivity contribution >= 4 is 23.4 Å². The van der Waals surface area contributed by atoms with E-state index in [1.54, 1.807) is 0 Å². The highest BCUT2D eigenvalue weighted by Gasteiger charge is 2.24. The van der Waals surface area contributed by atoms with Crippen LogP contribution in [0.25, 0.3) is 0 Å². The van der Waals surface area contributed by atoms with Crippen LogP contribution in [-0.2, 0) is 7.05 Å². The van der Waals surface area contributed by atoms with Gasteiger partial charge in [-0.1, -0.05) is 6.07 Å². The van der Waals surface area contributed by atoms with Crippen LogP contribution in [0, 0.1) is 10.1 Å². The molecule has 0 fully saturated rings. The fourth-order valence-electron chi connectivity index (χ4n) is 1.46. The first-order valence-electron chi connectivity index (χ1n) is 5.21. The second-order valence-electron chi connectivity index (χ2n) is 3.69. The van der Waals surface area contributed by atoms with Gasteiger partial charge in [0, 0.05) is 13.1 Å². The van der Waals surface area contributed by atoms with Gasteiger partial charge in [0.2, 0.25) is 0 Å². The van der Waals surface area contributed by atoms with Crippen LogP contribution in [-0.4, -0.2) is 30.8 Å². The highest BCUT2D eigenvalue weighted by molar-refractivity contribution is 7.99. The van der Waals surface area contributed by atoms with Crippen molar-refractivity contribution in [1.29, 1.82) is 0 Å². The Hall–Kier alpha value is -2.62. The molecule has 0 saturated carbocycles. The third kappa shape index (κ3) is 2.40. The summed E-state index contributed by atoms with van der Waals surface area (Å²) < 4.78 is 1.13. The lowest BCUT2D eigenvalue weighted by atomic mass is 10.2. The lowest BCUT2D eigenvalue weighted by molar-refractivity contribution is -0.387. The summed E-state index contributed by atoms with van der Waals surface area (Å²) in [6.07, 6.45) is 0. The summed E-state index contributed by atoms with van der Waals surface area (Å²) in [6.45, 7) is 0. The summed E-state index contributed by atoms with van der Waals surface area (Å²) in [5.74, 6) is -1.29. The van der Waals surface area contributed by atoms with Crippen LogP contribution in [0.2, 0.25) is 0 Å². The van der Waals surface area contributed by atoms with E-state index in [1.807, 2.05) is 0 Å². The first-order valence-corrected chi connectivity index (χ1v) is 6.03. The Balaban J connectivity index is 2.59. The Labute approximate surface area is 115 Å². The zero-order valence-electron chi connectivity index (χ0n) is 10.1. The molecule has 1 heterocycles. The molecule has 0 spiro atoms. The number of nitrogens with one attached hydrogen (secondary N) is 1. The second-order valence-corrected chi connectivity index (χ2v) is 4.67. The van der Waals surface area contributed by atoms with Gasteiger partial charge < -0.3 is 5.11 Å². The predicted molar refractivity (Wildman–Crippen MR) is 68.0 cm³/mol. The molecule has 0 radical (unpaired) electrons. The van der Waals surface area contributed by atoms with E-state index in [2.05, 4.69) is 10.2 Å². The summed E-state index contributed by atoms with van der Waals surface area (Å²) in [5, 5.41) is 26.1. The van der Waals surface area contributed by atoms with Gasteiger partial charge in [-0.3, -0.25) is 14.7 Å². The fourth-order valence-corrected chi connectivity index (χ4v) is 2.47. The number of carboxylic acid groups (broad SMARTS) is 1. The van der Waals surface area contributed by atoms with Gasteiger partial charge in [0.1, 0.15) is 4.90 Å². The second kappa shape index (κ2) is 5.17. The van der Waals surface area contributed by atoms with E-state index in [-0.39, 0.29) is 21.3 Å². The molecule has 0 saturated heterocycles. The van der Waals surface area contributed by atoms with Crippen molar-refractivity contribution < 1.29 is 14.8 Å². The Morgan fingerprint density at radius 2 is 2.25 bits per heavy atom. The van der Waals surface area contributed by atoms with Crippen LogP contribution in [0.15, 0.2) is 33.0 Å². The van der Waals surface area contributed by atoms with Crippen molar-refractivity contribution in [3.05, 3.63) is 44.4 Å². The molecule has 0 unspecified atom stereocenters. The van der Waals surface area contributed by atoms with Crippen LogP contribution in [0.5, 0.6) is 0 Å². The number of carboxylic acids is 1. The average molecular weight is 296 g/mol. The van der Waals surface area contributed by atoms with Crippen LogP contribution >= 0.6 is 11.8 Å². The number of aromatic amines is 1. The molecule has 20 heavy (non-hydrogen) atoms.